The molecule has 0 amide bonds. The summed E-state index contributed by atoms with van der Waals surface area (Å²) in [7, 11) is 0. The number of halogens is 2. The third-order valence-electron chi connectivity index (χ3n) is 2.29. The molecule has 0 atom stereocenters. The molecule has 0 spiro atoms. The van der Waals surface area contributed by atoms with Crippen LogP contribution in [0, 0.1) is 0 Å². The first kappa shape index (κ1) is 14.1. The molecule has 2 aromatic carbocycles. The molecule has 17 heavy (non-hydrogen) atoms. The summed E-state index contributed by atoms with van der Waals surface area (Å²) in [4.78, 5) is 0. The normalized spacial score (nSPS) is 9.71. The second-order valence-corrected chi connectivity index (χ2v) is 4.79. The van der Waals surface area contributed by atoms with Crippen molar-refractivity contribution < 1.29 is 0 Å². The highest BCUT2D eigenvalue weighted by atomic mass is 35.5. The van der Waals surface area contributed by atoms with Crippen molar-refractivity contribution in [2.45, 2.75) is 19.8 Å². The van der Waals surface area contributed by atoms with E-state index in [1.165, 1.54) is 5.56 Å². The first-order valence-electron chi connectivity index (χ1n) is 5.56. The molecule has 0 saturated carbocycles. The van der Waals surface area contributed by atoms with Crippen LogP contribution in [0.5, 0.6) is 0 Å². The zero-order chi connectivity index (χ0) is 12.7. The fourth-order valence-corrected chi connectivity index (χ4v) is 1.55. The zero-order valence-corrected chi connectivity index (χ0v) is 11.5. The van der Waals surface area contributed by atoms with Gasteiger partial charge in [-0.2, -0.15) is 0 Å². The summed E-state index contributed by atoms with van der Waals surface area (Å²) in [5.41, 5.74) is 1.41. The van der Waals surface area contributed by atoms with E-state index in [1.54, 1.807) is 12.1 Å². The van der Waals surface area contributed by atoms with Crippen molar-refractivity contribution in [3.05, 3.63) is 70.2 Å². The average Bonchev–Trinajstić information content (AvgIpc) is 2.35. The maximum Gasteiger partial charge on any atom is 0.0592 e. The number of benzene rings is 2. The zero-order valence-electron chi connectivity index (χ0n) is 10.0. The molecule has 2 rings (SSSR count). The Balaban J connectivity index is 0.000000171. The van der Waals surface area contributed by atoms with Gasteiger partial charge in [0, 0.05) is 0 Å². The highest BCUT2D eigenvalue weighted by molar-refractivity contribution is 6.41. The molecule has 0 fully saturated rings. The van der Waals surface area contributed by atoms with Crippen LogP contribution in [0.3, 0.4) is 0 Å². The Kier molecular flexibility index (Phi) is 6.10. The number of hydrogen-bond donors (Lipinski definition) is 0. The van der Waals surface area contributed by atoms with Crippen LogP contribution in [0.25, 0.3) is 0 Å². The first-order valence-corrected chi connectivity index (χ1v) is 6.32. The summed E-state index contributed by atoms with van der Waals surface area (Å²) >= 11 is 11.2. The van der Waals surface area contributed by atoms with Crippen LogP contribution in [0.4, 0.5) is 0 Å². The Morgan fingerprint density at radius 3 is 1.41 bits per heavy atom. The van der Waals surface area contributed by atoms with E-state index in [9.17, 15) is 0 Å². The van der Waals surface area contributed by atoms with Crippen LogP contribution in [-0.2, 0) is 0 Å². The Hall–Kier alpha value is -0.980. The van der Waals surface area contributed by atoms with Gasteiger partial charge < -0.3 is 0 Å². The second kappa shape index (κ2) is 7.37. The topological polar surface area (TPSA) is 0 Å². The highest BCUT2D eigenvalue weighted by Crippen LogP contribution is 2.19. The smallest absolute Gasteiger partial charge is 0.0592 e. The van der Waals surface area contributed by atoms with Crippen molar-refractivity contribution >= 4 is 23.2 Å². The molecule has 0 aromatic heterocycles. The quantitative estimate of drug-likeness (QED) is 0.612. The largest absolute Gasteiger partial charge is 0.0827 e. The maximum absolute atomic E-state index is 5.58. The molecule has 0 N–H and O–H groups in total. The second-order valence-electron chi connectivity index (χ2n) is 3.98. The molecular formula is C15H16Cl2. The standard InChI is InChI=1S/C9H12.C6H4Cl2/c1-8(2)9-6-4-3-5-7-9;7-5-3-1-2-4-6(5)8/h3-8H,1-2H3;1-4H. The molecule has 2 aromatic rings. The van der Waals surface area contributed by atoms with Crippen LogP contribution in [0.1, 0.15) is 25.3 Å². The lowest BCUT2D eigenvalue weighted by molar-refractivity contribution is 0.867. The lowest BCUT2D eigenvalue weighted by Crippen LogP contribution is -1.83. The van der Waals surface area contributed by atoms with E-state index in [2.05, 4.69) is 38.1 Å². The Morgan fingerprint density at radius 1 is 0.706 bits per heavy atom. The van der Waals surface area contributed by atoms with Crippen LogP contribution in [-0.4, -0.2) is 0 Å². The fourth-order valence-electron chi connectivity index (χ4n) is 1.28. The van der Waals surface area contributed by atoms with E-state index in [4.69, 9.17) is 23.2 Å². The van der Waals surface area contributed by atoms with Crippen molar-refractivity contribution in [1.82, 2.24) is 0 Å². The van der Waals surface area contributed by atoms with Gasteiger partial charge in [-0.1, -0.05) is 79.5 Å². The van der Waals surface area contributed by atoms with Crippen LogP contribution in [0.2, 0.25) is 10.0 Å². The van der Waals surface area contributed by atoms with Crippen molar-refractivity contribution in [3.63, 3.8) is 0 Å². The Bertz CT molecular complexity index is 415. The monoisotopic (exact) mass is 266 g/mol. The summed E-state index contributed by atoms with van der Waals surface area (Å²) in [6.07, 6.45) is 0. The van der Waals surface area contributed by atoms with Crippen molar-refractivity contribution in [3.8, 4) is 0 Å². The van der Waals surface area contributed by atoms with E-state index in [1.807, 2.05) is 18.2 Å². The summed E-state index contributed by atoms with van der Waals surface area (Å²) < 4.78 is 0. The molecule has 2 heteroatoms. The van der Waals surface area contributed by atoms with Crippen LogP contribution < -0.4 is 0 Å². The van der Waals surface area contributed by atoms with E-state index in [0.29, 0.717) is 16.0 Å². The number of hydrogen-bond acceptors (Lipinski definition) is 0. The van der Waals surface area contributed by atoms with Gasteiger partial charge in [-0.05, 0) is 23.6 Å². The van der Waals surface area contributed by atoms with Crippen LogP contribution in [0.15, 0.2) is 54.6 Å². The Morgan fingerprint density at radius 2 is 1.12 bits per heavy atom. The van der Waals surface area contributed by atoms with Gasteiger partial charge in [0.1, 0.15) is 0 Å². The highest BCUT2D eigenvalue weighted by Gasteiger charge is 1.93. The molecule has 0 aliphatic heterocycles. The average molecular weight is 267 g/mol. The van der Waals surface area contributed by atoms with E-state index >= 15 is 0 Å². The van der Waals surface area contributed by atoms with Gasteiger partial charge in [0.15, 0.2) is 0 Å². The minimum atomic E-state index is 0.606. The molecule has 0 heterocycles. The van der Waals surface area contributed by atoms with E-state index < -0.39 is 0 Å². The van der Waals surface area contributed by atoms with Gasteiger partial charge in [0.25, 0.3) is 0 Å². The van der Waals surface area contributed by atoms with E-state index in [0.717, 1.165) is 0 Å². The molecule has 0 saturated heterocycles. The maximum atomic E-state index is 5.58. The van der Waals surface area contributed by atoms with Gasteiger partial charge >= 0.3 is 0 Å². The summed E-state index contributed by atoms with van der Waals surface area (Å²) in [5.74, 6) is 0.659. The minimum absolute atomic E-state index is 0.606. The summed E-state index contributed by atoms with van der Waals surface area (Å²) in [6, 6.07) is 17.7. The molecule has 0 bridgehead atoms. The van der Waals surface area contributed by atoms with Crippen molar-refractivity contribution in [2.75, 3.05) is 0 Å². The van der Waals surface area contributed by atoms with Crippen LogP contribution >= 0.6 is 23.2 Å². The lowest BCUT2D eigenvalue weighted by atomic mass is 10.0. The Labute approximate surface area is 113 Å². The molecular weight excluding hydrogens is 251 g/mol. The molecule has 90 valence electrons. The molecule has 0 aliphatic rings. The van der Waals surface area contributed by atoms with Gasteiger partial charge in [0.05, 0.1) is 10.0 Å². The van der Waals surface area contributed by atoms with E-state index in [-0.39, 0.29) is 0 Å². The summed E-state index contributed by atoms with van der Waals surface area (Å²) in [5, 5.41) is 1.21. The van der Waals surface area contributed by atoms with Crippen molar-refractivity contribution in [2.24, 2.45) is 0 Å². The van der Waals surface area contributed by atoms with Gasteiger partial charge in [0.2, 0.25) is 0 Å². The third-order valence-corrected chi connectivity index (χ3v) is 3.05. The van der Waals surface area contributed by atoms with Gasteiger partial charge in [-0.15, -0.1) is 0 Å². The molecule has 0 nitrogen and oxygen atoms in total. The molecule has 0 unspecified atom stereocenters. The third kappa shape index (κ3) is 5.25. The van der Waals surface area contributed by atoms with Gasteiger partial charge in [-0.3, -0.25) is 0 Å². The first-order chi connectivity index (χ1) is 8.11. The number of rotatable bonds is 1. The molecule has 0 radical (unpaired) electrons. The minimum Gasteiger partial charge on any atom is -0.0827 e. The lowest BCUT2D eigenvalue weighted by Gasteiger charge is -2.01. The van der Waals surface area contributed by atoms with Crippen molar-refractivity contribution in [1.29, 1.82) is 0 Å². The predicted molar refractivity (Wildman–Crippen MR) is 77.0 cm³/mol. The predicted octanol–water partition coefficient (Wildman–Crippen LogP) is 5.80. The SMILES string of the molecule is CC(C)c1ccccc1.Clc1ccccc1Cl. The van der Waals surface area contributed by atoms with Gasteiger partial charge in [-0.25, -0.2) is 0 Å². The summed E-state index contributed by atoms with van der Waals surface area (Å²) in [6.45, 7) is 4.41. The molecule has 0 aliphatic carbocycles. The fraction of sp³-hybridized carbons (Fsp3) is 0.200.